The van der Waals surface area contributed by atoms with Crippen LogP contribution in [0.15, 0.2) is 60.4 Å². The van der Waals surface area contributed by atoms with Gasteiger partial charge in [0.2, 0.25) is 0 Å². The molecule has 124 valence electrons. The quantitative estimate of drug-likeness (QED) is 0.801. The van der Waals surface area contributed by atoms with Crippen molar-refractivity contribution in [2.45, 2.75) is 19.4 Å². The number of carboxylic acid groups (broad SMARTS) is 1. The van der Waals surface area contributed by atoms with Gasteiger partial charge in [0.05, 0.1) is 0 Å². The molecular weight excluding hydrogens is 309 g/mol. The molecule has 2 N–H and O–H groups in total. The Kier molecular flexibility index (Phi) is 5.84. The molecule has 2 aromatic carbocycles. The summed E-state index contributed by atoms with van der Waals surface area (Å²) in [6, 6.07) is 14.6. The van der Waals surface area contributed by atoms with Gasteiger partial charge in [-0.05, 0) is 24.1 Å². The molecule has 0 radical (unpaired) electrons. The first-order valence-corrected chi connectivity index (χ1v) is 7.47. The zero-order valence-electron chi connectivity index (χ0n) is 13.2. The van der Waals surface area contributed by atoms with Gasteiger partial charge in [0, 0.05) is 6.42 Å². The Morgan fingerprint density at radius 1 is 1.12 bits per heavy atom. The van der Waals surface area contributed by atoms with E-state index in [1.807, 2.05) is 13.0 Å². The largest absolute Gasteiger partial charge is 0.480 e. The molecule has 2 rings (SSSR count). The fourth-order valence-corrected chi connectivity index (χ4v) is 2.15. The van der Waals surface area contributed by atoms with Gasteiger partial charge in [-0.1, -0.05) is 60.2 Å². The van der Waals surface area contributed by atoms with Crippen molar-refractivity contribution in [3.05, 3.63) is 77.1 Å². The van der Waals surface area contributed by atoms with Crippen molar-refractivity contribution in [1.29, 1.82) is 0 Å². The van der Waals surface area contributed by atoms with Crippen LogP contribution in [0.1, 0.15) is 16.7 Å². The maximum Gasteiger partial charge on any atom is 0.326 e. The lowest BCUT2D eigenvalue weighted by Gasteiger charge is -2.14. The second-order valence-corrected chi connectivity index (χ2v) is 5.46. The highest BCUT2D eigenvalue weighted by molar-refractivity contribution is 5.97. The van der Waals surface area contributed by atoms with Gasteiger partial charge in [-0.15, -0.1) is 0 Å². The van der Waals surface area contributed by atoms with E-state index in [0.29, 0.717) is 5.56 Å². The van der Waals surface area contributed by atoms with Gasteiger partial charge in [0.15, 0.2) is 5.83 Å². The lowest BCUT2D eigenvalue weighted by molar-refractivity contribution is -0.141. The highest BCUT2D eigenvalue weighted by Crippen LogP contribution is 2.11. The molecule has 0 aromatic heterocycles. The molecule has 0 saturated carbocycles. The molecule has 0 saturated heterocycles. The third-order valence-corrected chi connectivity index (χ3v) is 3.47. The molecule has 0 fully saturated rings. The van der Waals surface area contributed by atoms with Gasteiger partial charge in [0.25, 0.3) is 5.91 Å². The minimum absolute atomic E-state index is 0.0831. The average molecular weight is 327 g/mol. The summed E-state index contributed by atoms with van der Waals surface area (Å²) in [7, 11) is 0. The fourth-order valence-electron chi connectivity index (χ4n) is 2.15. The number of nitrogens with one attached hydrogen (secondary N) is 1. The van der Waals surface area contributed by atoms with Gasteiger partial charge in [-0.2, -0.15) is 0 Å². The number of carbonyl (C=O) groups excluding carboxylic acids is 1. The standard InChI is InChI=1S/C19H18FNO3/c1-13-7-9-15(10-8-13)11-16(20)18(22)21-17(19(23)24)12-14-5-3-2-4-6-14/h2-11,17H,12H2,1H3,(H,21,22)(H,23,24)/t17-/m0/s1. The Balaban J connectivity index is 2.06. The lowest BCUT2D eigenvalue weighted by atomic mass is 10.1. The number of halogens is 1. The van der Waals surface area contributed by atoms with Crippen molar-refractivity contribution in [2.24, 2.45) is 0 Å². The number of hydrogen-bond acceptors (Lipinski definition) is 2. The Hall–Kier alpha value is -2.95. The maximum absolute atomic E-state index is 14.0. The Labute approximate surface area is 139 Å². The van der Waals surface area contributed by atoms with Gasteiger partial charge in [-0.25, -0.2) is 9.18 Å². The van der Waals surface area contributed by atoms with E-state index in [-0.39, 0.29) is 6.42 Å². The third kappa shape index (κ3) is 5.05. The van der Waals surface area contributed by atoms with Crippen LogP contribution >= 0.6 is 0 Å². The molecule has 0 aliphatic heterocycles. The molecule has 0 aliphatic rings. The van der Waals surface area contributed by atoms with Crippen LogP contribution in [0.5, 0.6) is 0 Å². The van der Waals surface area contributed by atoms with Crippen molar-refractivity contribution in [3.8, 4) is 0 Å². The van der Waals surface area contributed by atoms with E-state index in [1.54, 1.807) is 48.5 Å². The summed E-state index contributed by atoms with van der Waals surface area (Å²) >= 11 is 0. The second kappa shape index (κ2) is 8.06. The number of carbonyl (C=O) groups is 2. The minimum atomic E-state index is -1.21. The van der Waals surface area contributed by atoms with Crippen LogP contribution in [0.2, 0.25) is 0 Å². The number of carboxylic acids is 1. The molecule has 5 heteroatoms. The molecule has 1 atom stereocenters. The summed E-state index contributed by atoms with van der Waals surface area (Å²) in [6.45, 7) is 1.90. The van der Waals surface area contributed by atoms with E-state index in [9.17, 15) is 19.1 Å². The Morgan fingerprint density at radius 3 is 2.33 bits per heavy atom. The number of rotatable bonds is 6. The molecule has 4 nitrogen and oxygen atoms in total. The molecule has 0 aliphatic carbocycles. The molecule has 0 spiro atoms. The van der Waals surface area contributed by atoms with E-state index in [2.05, 4.69) is 5.32 Å². The number of hydrogen-bond donors (Lipinski definition) is 2. The van der Waals surface area contributed by atoms with Gasteiger partial charge < -0.3 is 10.4 Å². The summed E-state index contributed by atoms with van der Waals surface area (Å²) in [6.07, 6.45) is 1.16. The van der Waals surface area contributed by atoms with Crippen LogP contribution in [-0.2, 0) is 16.0 Å². The zero-order chi connectivity index (χ0) is 17.5. The summed E-state index contributed by atoms with van der Waals surface area (Å²) in [5.74, 6) is -3.28. The van der Waals surface area contributed by atoms with Crippen LogP contribution in [0.3, 0.4) is 0 Å². The van der Waals surface area contributed by atoms with Crippen molar-refractivity contribution >= 4 is 18.0 Å². The first kappa shape index (κ1) is 17.4. The number of benzene rings is 2. The van der Waals surface area contributed by atoms with Gasteiger partial charge in [0.1, 0.15) is 6.04 Å². The Morgan fingerprint density at radius 2 is 1.75 bits per heavy atom. The van der Waals surface area contributed by atoms with Crippen molar-refractivity contribution in [3.63, 3.8) is 0 Å². The monoisotopic (exact) mass is 327 g/mol. The molecule has 24 heavy (non-hydrogen) atoms. The third-order valence-electron chi connectivity index (χ3n) is 3.47. The first-order valence-electron chi connectivity index (χ1n) is 7.47. The smallest absolute Gasteiger partial charge is 0.326 e. The summed E-state index contributed by atoms with van der Waals surface area (Å²) in [5.41, 5.74) is 2.29. The SMILES string of the molecule is Cc1ccc(C=C(F)C(=O)N[C@@H](Cc2ccccc2)C(=O)O)cc1. The van der Waals surface area contributed by atoms with Gasteiger partial charge >= 0.3 is 5.97 Å². The summed E-state index contributed by atoms with van der Waals surface area (Å²) in [5, 5.41) is 11.4. The van der Waals surface area contributed by atoms with Crippen molar-refractivity contribution in [2.75, 3.05) is 0 Å². The summed E-state index contributed by atoms with van der Waals surface area (Å²) < 4.78 is 14.0. The zero-order valence-corrected chi connectivity index (χ0v) is 13.2. The van der Waals surface area contributed by atoms with E-state index >= 15 is 0 Å². The molecule has 0 bridgehead atoms. The lowest BCUT2D eigenvalue weighted by Crippen LogP contribution is -2.42. The predicted octanol–water partition coefficient (Wildman–Crippen LogP) is 3.12. The molecule has 0 heterocycles. The minimum Gasteiger partial charge on any atom is -0.480 e. The van der Waals surface area contributed by atoms with Crippen LogP contribution in [0.25, 0.3) is 6.08 Å². The molecule has 1 amide bonds. The van der Waals surface area contributed by atoms with Crippen LogP contribution in [0, 0.1) is 6.92 Å². The highest BCUT2D eigenvalue weighted by atomic mass is 19.1. The molecular formula is C19H18FNO3. The second-order valence-electron chi connectivity index (χ2n) is 5.46. The van der Waals surface area contributed by atoms with Crippen LogP contribution in [-0.4, -0.2) is 23.0 Å². The average Bonchev–Trinajstić information content (AvgIpc) is 2.57. The van der Waals surface area contributed by atoms with Gasteiger partial charge in [-0.3, -0.25) is 4.79 Å². The van der Waals surface area contributed by atoms with Crippen molar-refractivity contribution < 1.29 is 19.1 Å². The highest BCUT2D eigenvalue weighted by Gasteiger charge is 2.22. The van der Waals surface area contributed by atoms with E-state index in [4.69, 9.17) is 0 Å². The van der Waals surface area contributed by atoms with E-state index in [1.165, 1.54) is 0 Å². The number of aryl methyl sites for hydroxylation is 1. The number of amides is 1. The van der Waals surface area contributed by atoms with Crippen LogP contribution in [0.4, 0.5) is 4.39 Å². The molecule has 0 unspecified atom stereocenters. The topological polar surface area (TPSA) is 66.4 Å². The van der Waals surface area contributed by atoms with E-state index in [0.717, 1.165) is 17.2 Å². The predicted molar refractivity (Wildman–Crippen MR) is 90.0 cm³/mol. The summed E-state index contributed by atoms with van der Waals surface area (Å²) in [4.78, 5) is 23.2. The Bertz CT molecular complexity index is 739. The number of aliphatic carboxylic acids is 1. The first-order chi connectivity index (χ1) is 11.5. The van der Waals surface area contributed by atoms with Crippen LogP contribution < -0.4 is 5.32 Å². The fraction of sp³-hybridized carbons (Fsp3) is 0.158. The van der Waals surface area contributed by atoms with E-state index < -0.39 is 23.7 Å². The maximum atomic E-state index is 14.0. The normalized spacial score (nSPS) is 12.5. The molecule has 2 aromatic rings. The van der Waals surface area contributed by atoms with Crippen molar-refractivity contribution in [1.82, 2.24) is 5.32 Å².